The van der Waals surface area contributed by atoms with Crippen molar-refractivity contribution in [3.63, 3.8) is 0 Å². The minimum atomic E-state index is -0.682. The van der Waals surface area contributed by atoms with Crippen LogP contribution in [-0.4, -0.2) is 26.3 Å². The van der Waals surface area contributed by atoms with E-state index in [9.17, 15) is 4.79 Å². The largest absolute Gasteiger partial charge is 0.493 e. The Labute approximate surface area is 128 Å². The SMILES string of the molecule is COc1cc(C=C(C#N)C(=O)OC(C)C)cc(Cl)c1OC. The van der Waals surface area contributed by atoms with E-state index in [4.69, 9.17) is 31.1 Å². The van der Waals surface area contributed by atoms with Crippen LogP contribution in [-0.2, 0) is 9.53 Å². The van der Waals surface area contributed by atoms with Crippen LogP contribution in [0, 0.1) is 11.3 Å². The monoisotopic (exact) mass is 309 g/mol. The predicted molar refractivity (Wildman–Crippen MR) is 79.4 cm³/mol. The van der Waals surface area contributed by atoms with Gasteiger partial charge in [-0.3, -0.25) is 0 Å². The van der Waals surface area contributed by atoms with E-state index in [0.717, 1.165) is 0 Å². The van der Waals surface area contributed by atoms with Gasteiger partial charge in [0.25, 0.3) is 0 Å². The maximum absolute atomic E-state index is 11.7. The van der Waals surface area contributed by atoms with E-state index in [2.05, 4.69) is 0 Å². The lowest BCUT2D eigenvalue weighted by Crippen LogP contribution is -2.12. The summed E-state index contributed by atoms with van der Waals surface area (Å²) in [7, 11) is 2.94. The highest BCUT2D eigenvalue weighted by atomic mass is 35.5. The van der Waals surface area contributed by atoms with Gasteiger partial charge in [-0.05, 0) is 37.6 Å². The quantitative estimate of drug-likeness (QED) is 0.474. The van der Waals surface area contributed by atoms with Gasteiger partial charge >= 0.3 is 5.97 Å². The fourth-order valence-corrected chi connectivity index (χ4v) is 1.90. The molecule has 0 heterocycles. The van der Waals surface area contributed by atoms with E-state index in [0.29, 0.717) is 22.1 Å². The number of nitriles is 1. The fourth-order valence-electron chi connectivity index (χ4n) is 1.60. The van der Waals surface area contributed by atoms with Crippen LogP contribution in [0.4, 0.5) is 0 Å². The molecule has 6 heteroatoms. The van der Waals surface area contributed by atoms with E-state index in [1.54, 1.807) is 26.0 Å². The lowest BCUT2D eigenvalue weighted by Gasteiger charge is -2.10. The topological polar surface area (TPSA) is 68.5 Å². The molecule has 0 fully saturated rings. The molecule has 0 spiro atoms. The molecule has 0 saturated heterocycles. The molecule has 0 atom stereocenters. The number of hydrogen-bond donors (Lipinski definition) is 0. The summed E-state index contributed by atoms with van der Waals surface area (Å²) in [5.41, 5.74) is 0.418. The van der Waals surface area contributed by atoms with Gasteiger partial charge in [0, 0.05) is 0 Å². The number of esters is 1. The number of methoxy groups -OCH3 is 2. The van der Waals surface area contributed by atoms with Gasteiger partial charge in [0.05, 0.1) is 25.3 Å². The summed E-state index contributed by atoms with van der Waals surface area (Å²) in [5.74, 6) is 0.115. The van der Waals surface area contributed by atoms with Crippen LogP contribution in [0.15, 0.2) is 17.7 Å². The van der Waals surface area contributed by atoms with Crippen LogP contribution in [0.1, 0.15) is 19.4 Å². The maximum Gasteiger partial charge on any atom is 0.349 e. The Kier molecular flexibility index (Phi) is 6.07. The number of carbonyl (C=O) groups is 1. The number of nitrogens with zero attached hydrogens (tertiary/aromatic N) is 1. The minimum Gasteiger partial charge on any atom is -0.493 e. The molecule has 0 unspecified atom stereocenters. The summed E-state index contributed by atoms with van der Waals surface area (Å²) in [6.07, 6.45) is 1.08. The predicted octanol–water partition coefficient (Wildman–Crippen LogP) is 3.22. The Hall–Kier alpha value is -2.19. The molecule has 0 aliphatic heterocycles. The fraction of sp³-hybridized carbons (Fsp3) is 0.333. The number of halogens is 1. The highest BCUT2D eigenvalue weighted by Gasteiger charge is 2.15. The van der Waals surface area contributed by atoms with Gasteiger partial charge in [-0.25, -0.2) is 4.79 Å². The Balaban J connectivity index is 3.21. The molecule has 0 radical (unpaired) electrons. The number of carbonyl (C=O) groups excluding carboxylic acids is 1. The number of ether oxygens (including phenoxy) is 3. The summed E-state index contributed by atoms with van der Waals surface area (Å²) in [4.78, 5) is 11.7. The number of benzene rings is 1. The molecule has 1 aromatic carbocycles. The van der Waals surface area contributed by atoms with Crippen molar-refractivity contribution < 1.29 is 19.0 Å². The molecule has 1 aromatic rings. The molecule has 112 valence electrons. The van der Waals surface area contributed by atoms with Crippen LogP contribution in [0.2, 0.25) is 5.02 Å². The second-order valence-electron chi connectivity index (χ2n) is 4.36. The van der Waals surface area contributed by atoms with Gasteiger partial charge in [-0.15, -0.1) is 0 Å². The third kappa shape index (κ3) is 4.40. The van der Waals surface area contributed by atoms with Crippen molar-refractivity contribution in [3.05, 3.63) is 28.3 Å². The molecule has 0 aromatic heterocycles. The first-order chi connectivity index (χ1) is 9.92. The molecule has 0 amide bonds. The summed E-state index contributed by atoms with van der Waals surface area (Å²) in [6, 6.07) is 5.00. The third-order valence-corrected chi connectivity index (χ3v) is 2.73. The first-order valence-electron chi connectivity index (χ1n) is 6.17. The summed E-state index contributed by atoms with van der Waals surface area (Å²) >= 11 is 6.07. The van der Waals surface area contributed by atoms with Crippen LogP contribution in [0.5, 0.6) is 11.5 Å². The van der Waals surface area contributed by atoms with Crippen molar-refractivity contribution in [2.45, 2.75) is 20.0 Å². The van der Waals surface area contributed by atoms with Crippen molar-refractivity contribution in [1.82, 2.24) is 0 Å². The van der Waals surface area contributed by atoms with Gasteiger partial charge in [0.1, 0.15) is 11.6 Å². The molecule has 0 aliphatic rings. The van der Waals surface area contributed by atoms with Crippen LogP contribution in [0.25, 0.3) is 6.08 Å². The molecule has 1 rings (SSSR count). The van der Waals surface area contributed by atoms with Gasteiger partial charge in [0.2, 0.25) is 0 Å². The second-order valence-corrected chi connectivity index (χ2v) is 4.77. The van der Waals surface area contributed by atoms with Crippen molar-refractivity contribution >= 4 is 23.6 Å². The Morgan fingerprint density at radius 3 is 2.48 bits per heavy atom. The van der Waals surface area contributed by atoms with E-state index in [1.807, 2.05) is 6.07 Å². The Morgan fingerprint density at radius 1 is 1.33 bits per heavy atom. The van der Waals surface area contributed by atoms with Crippen LogP contribution in [0.3, 0.4) is 0 Å². The van der Waals surface area contributed by atoms with Crippen molar-refractivity contribution in [2.75, 3.05) is 14.2 Å². The summed E-state index contributed by atoms with van der Waals surface area (Å²) in [5, 5.41) is 9.38. The van der Waals surface area contributed by atoms with E-state index < -0.39 is 5.97 Å². The zero-order chi connectivity index (χ0) is 16.0. The van der Waals surface area contributed by atoms with Crippen molar-refractivity contribution in [3.8, 4) is 17.6 Å². The van der Waals surface area contributed by atoms with Crippen molar-refractivity contribution in [2.24, 2.45) is 0 Å². The van der Waals surface area contributed by atoms with Gasteiger partial charge in [0.15, 0.2) is 11.5 Å². The summed E-state index contributed by atoms with van der Waals surface area (Å²) < 4.78 is 15.3. The maximum atomic E-state index is 11.7. The molecular weight excluding hydrogens is 294 g/mol. The van der Waals surface area contributed by atoms with Crippen LogP contribution < -0.4 is 9.47 Å². The highest BCUT2D eigenvalue weighted by Crippen LogP contribution is 2.36. The first-order valence-corrected chi connectivity index (χ1v) is 6.55. The van der Waals surface area contributed by atoms with Crippen LogP contribution >= 0.6 is 11.6 Å². The zero-order valence-electron chi connectivity index (χ0n) is 12.3. The zero-order valence-corrected chi connectivity index (χ0v) is 13.0. The second kappa shape index (κ2) is 7.55. The Bertz CT molecular complexity index is 602. The molecule has 21 heavy (non-hydrogen) atoms. The summed E-state index contributed by atoms with van der Waals surface area (Å²) in [6.45, 7) is 3.42. The average Bonchev–Trinajstić information content (AvgIpc) is 2.43. The lowest BCUT2D eigenvalue weighted by atomic mass is 10.1. The molecule has 5 nitrogen and oxygen atoms in total. The molecule has 0 saturated carbocycles. The highest BCUT2D eigenvalue weighted by molar-refractivity contribution is 6.32. The molecule has 0 aliphatic carbocycles. The standard InChI is InChI=1S/C15H16ClNO4/c1-9(2)21-15(18)11(8-17)5-10-6-12(16)14(20-4)13(7-10)19-3/h5-7,9H,1-4H3. The smallest absolute Gasteiger partial charge is 0.349 e. The number of rotatable bonds is 5. The van der Waals surface area contributed by atoms with Gasteiger partial charge < -0.3 is 14.2 Å². The average molecular weight is 310 g/mol. The van der Waals surface area contributed by atoms with Crippen molar-refractivity contribution in [1.29, 1.82) is 5.26 Å². The molecule has 0 bridgehead atoms. The van der Waals surface area contributed by atoms with E-state index >= 15 is 0 Å². The molecule has 0 N–H and O–H groups in total. The molecular formula is C15H16ClNO4. The Morgan fingerprint density at radius 2 is 2.00 bits per heavy atom. The normalized spacial score (nSPS) is 11.0. The van der Waals surface area contributed by atoms with Gasteiger partial charge in [-0.2, -0.15) is 5.26 Å². The third-order valence-electron chi connectivity index (χ3n) is 2.45. The minimum absolute atomic E-state index is 0.119. The van der Waals surface area contributed by atoms with E-state index in [-0.39, 0.29) is 11.7 Å². The van der Waals surface area contributed by atoms with E-state index in [1.165, 1.54) is 20.3 Å². The number of hydrogen-bond acceptors (Lipinski definition) is 5. The van der Waals surface area contributed by atoms with Gasteiger partial charge in [-0.1, -0.05) is 11.6 Å². The lowest BCUT2D eigenvalue weighted by molar-refractivity contribution is -0.142. The first kappa shape index (κ1) is 16.9.